The maximum atomic E-state index is 11.8. The maximum absolute atomic E-state index is 11.8. The Kier molecular flexibility index (Phi) is 5.15. The summed E-state index contributed by atoms with van der Waals surface area (Å²) in [7, 11) is 1.54. The summed E-state index contributed by atoms with van der Waals surface area (Å²) >= 11 is 0. The zero-order valence-electron chi connectivity index (χ0n) is 12.9. The number of nitrogens with one attached hydrogen (secondary N) is 1. The lowest BCUT2D eigenvalue weighted by Gasteiger charge is -2.17. The molecule has 0 spiro atoms. The smallest absolute Gasteiger partial charge is 0.316 e. The molecule has 0 bridgehead atoms. The fraction of sp³-hybridized carbons (Fsp3) is 0.467. The van der Waals surface area contributed by atoms with E-state index in [1.807, 2.05) is 18.2 Å². The molecule has 8 heteroatoms. The van der Waals surface area contributed by atoms with Crippen LogP contribution in [0.3, 0.4) is 0 Å². The van der Waals surface area contributed by atoms with E-state index >= 15 is 0 Å². The highest BCUT2D eigenvalue weighted by atomic mass is 16.6. The number of benzene rings is 1. The minimum atomic E-state index is -0.877. The van der Waals surface area contributed by atoms with Crippen molar-refractivity contribution in [1.29, 1.82) is 0 Å². The van der Waals surface area contributed by atoms with Crippen molar-refractivity contribution in [2.75, 3.05) is 13.7 Å². The Labute approximate surface area is 132 Å². The van der Waals surface area contributed by atoms with Gasteiger partial charge in [-0.05, 0) is 13.0 Å². The minimum absolute atomic E-state index is 0.172. The molecule has 23 heavy (non-hydrogen) atoms. The monoisotopic (exact) mass is 322 g/mol. The maximum Gasteiger partial charge on any atom is 0.316 e. The Bertz CT molecular complexity index is 618. The van der Waals surface area contributed by atoms with Crippen LogP contribution in [0.2, 0.25) is 0 Å². The van der Waals surface area contributed by atoms with Crippen molar-refractivity contribution < 1.29 is 24.0 Å². The number of carbonyl (C=O) groups is 2. The number of esters is 1. The Balaban J connectivity index is 1.81. The fourth-order valence-electron chi connectivity index (χ4n) is 2.30. The van der Waals surface area contributed by atoms with E-state index in [0.29, 0.717) is 5.75 Å². The van der Waals surface area contributed by atoms with Crippen LogP contribution >= 0.6 is 0 Å². The number of hydrogen-bond acceptors (Lipinski definition) is 6. The van der Waals surface area contributed by atoms with Gasteiger partial charge in [-0.2, -0.15) is 0 Å². The topological polar surface area (TPSA) is 108 Å². The second-order valence-electron chi connectivity index (χ2n) is 5.33. The second kappa shape index (κ2) is 7.08. The van der Waals surface area contributed by atoms with Gasteiger partial charge in [-0.25, -0.2) is 0 Å². The molecule has 8 nitrogen and oxygen atoms in total. The number of ether oxygens (including phenoxy) is 2. The third-order valence-electron chi connectivity index (χ3n) is 3.66. The predicted octanol–water partition coefficient (Wildman–Crippen LogP) is 1.08. The summed E-state index contributed by atoms with van der Waals surface area (Å²) < 4.78 is 10.0. The number of rotatable bonds is 7. The Morgan fingerprint density at radius 1 is 1.43 bits per heavy atom. The molecule has 0 saturated heterocycles. The molecule has 1 fully saturated rings. The molecule has 1 aliphatic carbocycles. The number of para-hydroxylation sites is 1. The van der Waals surface area contributed by atoms with Crippen LogP contribution in [0.1, 0.15) is 24.9 Å². The second-order valence-corrected chi connectivity index (χ2v) is 5.33. The molecule has 0 aliphatic heterocycles. The van der Waals surface area contributed by atoms with Gasteiger partial charge in [-0.3, -0.25) is 19.7 Å². The molecule has 1 aromatic rings. The van der Waals surface area contributed by atoms with Gasteiger partial charge in [0.15, 0.2) is 6.61 Å². The SMILES string of the molecule is COc1ccccc1C(C)NC(=O)COC(=O)C1CC1[N+](=O)[O-]. The molecule has 1 aromatic carbocycles. The third kappa shape index (κ3) is 4.18. The van der Waals surface area contributed by atoms with Crippen molar-refractivity contribution in [3.05, 3.63) is 39.9 Å². The Morgan fingerprint density at radius 2 is 2.13 bits per heavy atom. The summed E-state index contributed by atoms with van der Waals surface area (Å²) in [6.45, 7) is 1.32. The standard InChI is InChI=1S/C15H18N2O6/c1-9(10-5-3-4-6-13(10)22-2)16-14(18)8-23-15(19)11-7-12(11)17(20)21/h3-6,9,11-12H,7-8H2,1-2H3,(H,16,18). The van der Waals surface area contributed by atoms with E-state index in [9.17, 15) is 19.7 Å². The van der Waals surface area contributed by atoms with E-state index in [1.54, 1.807) is 13.0 Å². The summed E-state index contributed by atoms with van der Waals surface area (Å²) in [6.07, 6.45) is 0.172. The molecule has 1 saturated carbocycles. The van der Waals surface area contributed by atoms with Crippen LogP contribution < -0.4 is 10.1 Å². The Hall–Kier alpha value is -2.64. The van der Waals surface area contributed by atoms with Crippen LogP contribution in [-0.4, -0.2) is 36.6 Å². The van der Waals surface area contributed by atoms with Gasteiger partial charge < -0.3 is 14.8 Å². The average molecular weight is 322 g/mol. The van der Waals surface area contributed by atoms with E-state index in [1.165, 1.54) is 7.11 Å². The average Bonchev–Trinajstić information content (AvgIpc) is 3.33. The van der Waals surface area contributed by atoms with Crippen molar-refractivity contribution in [1.82, 2.24) is 5.32 Å². The number of hydrogen-bond donors (Lipinski definition) is 1. The number of methoxy groups -OCH3 is 1. The molecule has 1 aliphatic rings. The van der Waals surface area contributed by atoms with Crippen molar-refractivity contribution in [2.45, 2.75) is 25.4 Å². The number of carbonyl (C=O) groups excluding carboxylic acids is 2. The summed E-state index contributed by atoms with van der Waals surface area (Å²) in [5.74, 6) is -1.27. The van der Waals surface area contributed by atoms with E-state index in [2.05, 4.69) is 5.32 Å². The van der Waals surface area contributed by atoms with E-state index in [4.69, 9.17) is 9.47 Å². The van der Waals surface area contributed by atoms with E-state index in [-0.39, 0.29) is 12.5 Å². The summed E-state index contributed by atoms with van der Waals surface area (Å²) in [5, 5.41) is 13.2. The van der Waals surface area contributed by atoms with Gasteiger partial charge in [-0.15, -0.1) is 0 Å². The third-order valence-corrected chi connectivity index (χ3v) is 3.66. The molecule has 1 N–H and O–H groups in total. The molecule has 124 valence electrons. The van der Waals surface area contributed by atoms with Gasteiger partial charge in [0, 0.05) is 16.9 Å². The first-order chi connectivity index (χ1) is 10.9. The van der Waals surface area contributed by atoms with Crippen molar-refractivity contribution in [2.24, 2.45) is 5.92 Å². The van der Waals surface area contributed by atoms with Gasteiger partial charge in [0.25, 0.3) is 5.91 Å². The summed E-state index contributed by atoms with van der Waals surface area (Å²) in [4.78, 5) is 33.4. The van der Waals surface area contributed by atoms with Crippen LogP contribution in [0.5, 0.6) is 5.75 Å². The van der Waals surface area contributed by atoms with Crippen LogP contribution in [0.25, 0.3) is 0 Å². The fourth-order valence-corrected chi connectivity index (χ4v) is 2.30. The molecule has 3 unspecified atom stereocenters. The van der Waals surface area contributed by atoms with Gasteiger partial charge in [0.05, 0.1) is 13.2 Å². The van der Waals surface area contributed by atoms with Crippen LogP contribution in [-0.2, 0) is 14.3 Å². The lowest BCUT2D eigenvalue weighted by Crippen LogP contribution is -2.31. The normalized spacial score (nSPS) is 20.3. The first-order valence-corrected chi connectivity index (χ1v) is 7.16. The van der Waals surface area contributed by atoms with Gasteiger partial charge >= 0.3 is 5.97 Å². The van der Waals surface area contributed by atoms with Crippen LogP contribution in [0.4, 0.5) is 0 Å². The minimum Gasteiger partial charge on any atom is -0.496 e. The highest BCUT2D eigenvalue weighted by molar-refractivity contribution is 5.82. The number of nitrogens with zero attached hydrogens (tertiary/aromatic N) is 1. The number of nitro groups is 1. The lowest BCUT2D eigenvalue weighted by atomic mass is 10.1. The van der Waals surface area contributed by atoms with Gasteiger partial charge in [0.2, 0.25) is 6.04 Å². The molecule has 0 aromatic heterocycles. The largest absolute Gasteiger partial charge is 0.496 e. The molecule has 0 heterocycles. The first kappa shape index (κ1) is 16.7. The molecular weight excluding hydrogens is 304 g/mol. The predicted molar refractivity (Wildman–Crippen MR) is 79.4 cm³/mol. The molecule has 3 atom stereocenters. The molecule has 0 radical (unpaired) electrons. The quantitative estimate of drug-likeness (QED) is 0.457. The number of amides is 1. The van der Waals surface area contributed by atoms with Crippen LogP contribution in [0, 0.1) is 16.0 Å². The highest BCUT2D eigenvalue weighted by Crippen LogP contribution is 2.34. The lowest BCUT2D eigenvalue weighted by molar-refractivity contribution is -0.497. The van der Waals surface area contributed by atoms with E-state index in [0.717, 1.165) is 5.56 Å². The summed E-state index contributed by atoms with van der Waals surface area (Å²) in [5.41, 5.74) is 0.797. The van der Waals surface area contributed by atoms with Crippen molar-refractivity contribution in [3.63, 3.8) is 0 Å². The van der Waals surface area contributed by atoms with E-state index < -0.39 is 35.4 Å². The Morgan fingerprint density at radius 3 is 2.74 bits per heavy atom. The van der Waals surface area contributed by atoms with Gasteiger partial charge in [-0.1, -0.05) is 18.2 Å². The summed E-state index contributed by atoms with van der Waals surface area (Å²) in [6, 6.07) is 6.04. The molecule has 2 rings (SSSR count). The van der Waals surface area contributed by atoms with Crippen LogP contribution in [0.15, 0.2) is 24.3 Å². The first-order valence-electron chi connectivity index (χ1n) is 7.16. The van der Waals surface area contributed by atoms with Crippen molar-refractivity contribution >= 4 is 11.9 Å². The van der Waals surface area contributed by atoms with Gasteiger partial charge in [0.1, 0.15) is 11.7 Å². The molecule has 1 amide bonds. The molecular formula is C15H18N2O6. The van der Waals surface area contributed by atoms with Crippen molar-refractivity contribution in [3.8, 4) is 5.75 Å². The zero-order valence-corrected chi connectivity index (χ0v) is 12.9. The highest BCUT2D eigenvalue weighted by Gasteiger charge is 2.54. The zero-order chi connectivity index (χ0) is 17.0.